The molecule has 7 heteroatoms. The fourth-order valence-corrected chi connectivity index (χ4v) is 1.62. The van der Waals surface area contributed by atoms with Gasteiger partial charge in [-0.05, 0) is 5.92 Å². The second kappa shape index (κ2) is 4.25. The third-order valence-electron chi connectivity index (χ3n) is 2.17. The molecule has 0 radical (unpaired) electrons. The van der Waals surface area contributed by atoms with Gasteiger partial charge in [0.1, 0.15) is 5.15 Å². The molecule has 0 bridgehead atoms. The molecular formula is C9H12ClF3N2O. The van der Waals surface area contributed by atoms with Crippen LogP contribution in [-0.2, 0) is 7.05 Å². The van der Waals surface area contributed by atoms with Gasteiger partial charge in [0.25, 0.3) is 0 Å². The average molecular weight is 257 g/mol. The Kier molecular flexibility index (Phi) is 3.54. The molecule has 0 spiro atoms. The molecule has 0 aliphatic carbocycles. The van der Waals surface area contributed by atoms with Gasteiger partial charge in [-0.3, -0.25) is 4.68 Å². The summed E-state index contributed by atoms with van der Waals surface area (Å²) >= 11 is 5.70. The van der Waals surface area contributed by atoms with Gasteiger partial charge >= 0.3 is 6.18 Å². The van der Waals surface area contributed by atoms with E-state index in [4.69, 9.17) is 11.6 Å². The molecule has 0 aliphatic rings. The van der Waals surface area contributed by atoms with Crippen LogP contribution in [0.25, 0.3) is 0 Å². The van der Waals surface area contributed by atoms with E-state index in [1.807, 2.05) is 0 Å². The van der Waals surface area contributed by atoms with Crippen LogP contribution in [0.4, 0.5) is 13.2 Å². The van der Waals surface area contributed by atoms with Crippen LogP contribution < -0.4 is 0 Å². The smallest absolute Gasteiger partial charge is 0.379 e. The van der Waals surface area contributed by atoms with E-state index in [2.05, 4.69) is 5.10 Å². The molecule has 0 saturated carbocycles. The molecule has 0 aromatic carbocycles. The molecule has 1 atom stereocenters. The number of halogens is 4. The van der Waals surface area contributed by atoms with Crippen molar-refractivity contribution < 1.29 is 18.3 Å². The fourth-order valence-electron chi connectivity index (χ4n) is 1.38. The number of aliphatic hydroxyl groups is 1. The van der Waals surface area contributed by atoms with Gasteiger partial charge in [0, 0.05) is 7.05 Å². The van der Waals surface area contributed by atoms with Crippen molar-refractivity contribution in [1.82, 2.24) is 9.78 Å². The lowest BCUT2D eigenvalue weighted by atomic mass is 10.0. The summed E-state index contributed by atoms with van der Waals surface area (Å²) in [5.41, 5.74) is -0.191. The van der Waals surface area contributed by atoms with Gasteiger partial charge in [-0.25, -0.2) is 0 Å². The van der Waals surface area contributed by atoms with E-state index < -0.39 is 12.3 Å². The van der Waals surface area contributed by atoms with E-state index in [1.165, 1.54) is 7.05 Å². The first-order valence-electron chi connectivity index (χ1n) is 4.63. The van der Waals surface area contributed by atoms with Gasteiger partial charge in [0.05, 0.1) is 11.3 Å². The second-order valence-electron chi connectivity index (χ2n) is 3.81. The minimum absolute atomic E-state index is 0.164. The summed E-state index contributed by atoms with van der Waals surface area (Å²) < 4.78 is 38.4. The van der Waals surface area contributed by atoms with Crippen LogP contribution >= 0.6 is 11.6 Å². The maximum absolute atomic E-state index is 12.4. The molecule has 92 valence electrons. The highest BCUT2D eigenvalue weighted by Gasteiger charge is 2.43. The van der Waals surface area contributed by atoms with E-state index >= 15 is 0 Å². The molecule has 0 aliphatic heterocycles. The highest BCUT2D eigenvalue weighted by Crippen LogP contribution is 2.39. The standard InChI is InChI=1S/C9H12ClF3N2O/c1-4(2)6-5(7(16)9(11,12)13)8(10)15(3)14-6/h4,7,16H,1-3H3/t7-/m1/s1. The van der Waals surface area contributed by atoms with Crippen LogP contribution in [0.1, 0.15) is 37.1 Å². The predicted octanol–water partition coefficient (Wildman–Crippen LogP) is 2.79. The Bertz CT molecular complexity index is 387. The van der Waals surface area contributed by atoms with Crippen molar-refractivity contribution in [3.8, 4) is 0 Å². The zero-order valence-electron chi connectivity index (χ0n) is 9.01. The minimum Gasteiger partial charge on any atom is -0.379 e. The first kappa shape index (κ1) is 13.3. The van der Waals surface area contributed by atoms with Gasteiger partial charge in [0.2, 0.25) is 0 Å². The third kappa shape index (κ3) is 2.32. The predicted molar refractivity (Wildman–Crippen MR) is 53.3 cm³/mol. The minimum atomic E-state index is -4.74. The molecule has 3 nitrogen and oxygen atoms in total. The Morgan fingerprint density at radius 3 is 2.25 bits per heavy atom. The first-order chi connectivity index (χ1) is 7.16. The maximum atomic E-state index is 12.4. The Hall–Kier alpha value is -0.750. The van der Waals surface area contributed by atoms with Crippen molar-refractivity contribution in [2.24, 2.45) is 7.05 Å². The quantitative estimate of drug-likeness (QED) is 0.884. The molecule has 0 fully saturated rings. The van der Waals surface area contributed by atoms with Crippen molar-refractivity contribution in [3.63, 3.8) is 0 Å². The highest BCUT2D eigenvalue weighted by atomic mass is 35.5. The summed E-state index contributed by atoms with van der Waals surface area (Å²) in [5.74, 6) is -0.245. The number of alkyl halides is 3. The Labute approximate surface area is 95.8 Å². The zero-order valence-corrected chi connectivity index (χ0v) is 9.76. The van der Waals surface area contributed by atoms with E-state index in [9.17, 15) is 18.3 Å². The number of nitrogens with zero attached hydrogens (tertiary/aromatic N) is 2. The van der Waals surface area contributed by atoms with Crippen molar-refractivity contribution in [3.05, 3.63) is 16.4 Å². The molecule has 1 aromatic rings. The number of aliphatic hydroxyl groups excluding tert-OH is 1. The number of aryl methyl sites for hydroxylation is 1. The summed E-state index contributed by atoms with van der Waals surface area (Å²) in [6.45, 7) is 3.37. The second-order valence-corrected chi connectivity index (χ2v) is 4.17. The van der Waals surface area contributed by atoms with Gasteiger partial charge in [0.15, 0.2) is 6.10 Å². The molecule has 1 heterocycles. The lowest BCUT2D eigenvalue weighted by Gasteiger charge is -2.16. The zero-order chi connectivity index (χ0) is 12.7. The Balaban J connectivity index is 3.31. The van der Waals surface area contributed by atoms with Crippen LogP contribution in [0.5, 0.6) is 0 Å². The molecule has 0 unspecified atom stereocenters. The van der Waals surface area contributed by atoms with Crippen molar-refractivity contribution in [2.75, 3.05) is 0 Å². The fraction of sp³-hybridized carbons (Fsp3) is 0.667. The van der Waals surface area contributed by atoms with E-state index in [0.29, 0.717) is 0 Å². The van der Waals surface area contributed by atoms with Crippen LogP contribution in [0, 0.1) is 0 Å². The number of rotatable bonds is 2. The van der Waals surface area contributed by atoms with Gasteiger partial charge < -0.3 is 5.11 Å². The average Bonchev–Trinajstić information content (AvgIpc) is 2.41. The summed E-state index contributed by atoms with van der Waals surface area (Å²) in [4.78, 5) is 0. The lowest BCUT2D eigenvalue weighted by molar-refractivity contribution is -0.207. The maximum Gasteiger partial charge on any atom is 0.418 e. The van der Waals surface area contributed by atoms with Gasteiger partial charge in [-0.2, -0.15) is 18.3 Å². The summed E-state index contributed by atoms with van der Waals surface area (Å²) in [6.07, 6.45) is -7.33. The normalized spacial score (nSPS) is 14.6. The van der Waals surface area contributed by atoms with Gasteiger partial charge in [-0.15, -0.1) is 0 Å². The third-order valence-corrected chi connectivity index (χ3v) is 2.62. The SMILES string of the molecule is CC(C)c1nn(C)c(Cl)c1[C@@H](O)C(F)(F)F. The molecule has 16 heavy (non-hydrogen) atoms. The molecular weight excluding hydrogens is 245 g/mol. The molecule has 0 amide bonds. The van der Waals surface area contributed by atoms with Crippen LogP contribution in [-0.4, -0.2) is 21.1 Å². The Morgan fingerprint density at radius 2 is 1.88 bits per heavy atom. The van der Waals surface area contributed by atoms with Crippen molar-refractivity contribution >= 4 is 11.6 Å². The van der Waals surface area contributed by atoms with Crippen molar-refractivity contribution in [2.45, 2.75) is 32.0 Å². The molecule has 1 N–H and O–H groups in total. The summed E-state index contributed by atoms with van der Waals surface area (Å²) in [6, 6.07) is 0. The lowest BCUT2D eigenvalue weighted by Crippen LogP contribution is -2.21. The first-order valence-corrected chi connectivity index (χ1v) is 5.01. The van der Waals surface area contributed by atoms with Crippen LogP contribution in [0.3, 0.4) is 0 Å². The van der Waals surface area contributed by atoms with E-state index in [-0.39, 0.29) is 22.3 Å². The van der Waals surface area contributed by atoms with Crippen LogP contribution in [0.2, 0.25) is 5.15 Å². The van der Waals surface area contributed by atoms with E-state index in [1.54, 1.807) is 13.8 Å². The summed E-state index contributed by atoms with van der Waals surface area (Å²) in [7, 11) is 1.43. The number of aromatic nitrogens is 2. The summed E-state index contributed by atoms with van der Waals surface area (Å²) in [5, 5.41) is 12.9. The highest BCUT2D eigenvalue weighted by molar-refractivity contribution is 6.30. The molecule has 1 aromatic heterocycles. The molecule has 1 rings (SSSR count). The van der Waals surface area contributed by atoms with E-state index in [0.717, 1.165) is 4.68 Å². The van der Waals surface area contributed by atoms with Gasteiger partial charge in [-0.1, -0.05) is 25.4 Å². The topological polar surface area (TPSA) is 38.0 Å². The Morgan fingerprint density at radius 1 is 1.38 bits per heavy atom. The number of hydrogen-bond acceptors (Lipinski definition) is 2. The molecule has 0 saturated heterocycles. The monoisotopic (exact) mass is 256 g/mol. The van der Waals surface area contributed by atoms with Crippen molar-refractivity contribution in [1.29, 1.82) is 0 Å². The largest absolute Gasteiger partial charge is 0.418 e. The number of hydrogen-bond donors (Lipinski definition) is 1. The van der Waals surface area contributed by atoms with Crippen LogP contribution in [0.15, 0.2) is 0 Å².